The maximum atomic E-state index is 12.7. The van der Waals surface area contributed by atoms with Crippen molar-refractivity contribution in [3.8, 4) is 0 Å². The Kier molecular flexibility index (Phi) is 4.07. The molecule has 0 fully saturated rings. The number of hydrogen-bond acceptors (Lipinski definition) is 1. The molecule has 0 aliphatic rings. The summed E-state index contributed by atoms with van der Waals surface area (Å²) in [6.07, 6.45) is -5.01. The van der Waals surface area contributed by atoms with Gasteiger partial charge in [0, 0.05) is 6.42 Å². The van der Waals surface area contributed by atoms with Crippen LogP contribution in [0.4, 0.5) is 17.6 Å². The Morgan fingerprint density at radius 2 is 1.94 bits per heavy atom. The third-order valence-corrected chi connectivity index (χ3v) is 2.54. The topological polar surface area (TPSA) is 17.1 Å². The van der Waals surface area contributed by atoms with Crippen LogP contribution < -0.4 is 0 Å². The van der Waals surface area contributed by atoms with Gasteiger partial charge < -0.3 is 0 Å². The van der Waals surface area contributed by atoms with Crippen molar-refractivity contribution in [1.82, 2.24) is 0 Å². The minimum atomic E-state index is -4.65. The summed E-state index contributed by atoms with van der Waals surface area (Å²) >= 11 is 2.86. The van der Waals surface area contributed by atoms with Crippen LogP contribution >= 0.6 is 15.9 Å². The number of alkyl halides is 4. The number of Topliss-reactive ketones (excluding diaryl/α,β-unsaturated/α-hetero) is 1. The molecule has 0 atom stereocenters. The summed E-state index contributed by atoms with van der Waals surface area (Å²) in [5.74, 6) is -1.36. The van der Waals surface area contributed by atoms with Gasteiger partial charge in [0.25, 0.3) is 0 Å². The Morgan fingerprint density at radius 1 is 1.31 bits per heavy atom. The predicted molar refractivity (Wildman–Crippen MR) is 53.9 cm³/mol. The monoisotopic (exact) mass is 298 g/mol. The Hall–Kier alpha value is -0.910. The smallest absolute Gasteiger partial charge is 0.298 e. The van der Waals surface area contributed by atoms with Gasteiger partial charge in [0.15, 0.2) is 0 Å². The predicted octanol–water partition coefficient (Wildman–Crippen LogP) is 3.35. The first-order chi connectivity index (χ1) is 7.34. The molecule has 0 amide bonds. The van der Waals surface area contributed by atoms with Crippen molar-refractivity contribution in [1.29, 1.82) is 0 Å². The largest absolute Gasteiger partial charge is 0.416 e. The van der Waals surface area contributed by atoms with Gasteiger partial charge >= 0.3 is 6.18 Å². The van der Waals surface area contributed by atoms with E-state index in [1.807, 2.05) is 0 Å². The molecule has 0 heterocycles. The van der Waals surface area contributed by atoms with Crippen LogP contribution in [0.3, 0.4) is 0 Å². The molecule has 1 nitrogen and oxygen atoms in total. The molecular formula is C10H7BrF4O. The average Bonchev–Trinajstić information content (AvgIpc) is 2.19. The first kappa shape index (κ1) is 13.2. The molecule has 0 aliphatic carbocycles. The van der Waals surface area contributed by atoms with E-state index in [0.29, 0.717) is 6.07 Å². The van der Waals surface area contributed by atoms with Crippen LogP contribution in [0.25, 0.3) is 0 Å². The Labute approximate surface area is 97.6 Å². The number of carbonyl (C=O) groups excluding carboxylic acids is 1. The third-order valence-electron chi connectivity index (χ3n) is 1.91. The lowest BCUT2D eigenvalue weighted by Crippen LogP contribution is -2.13. The molecule has 0 aromatic heterocycles. The van der Waals surface area contributed by atoms with Gasteiger partial charge in [0.1, 0.15) is 11.6 Å². The van der Waals surface area contributed by atoms with Crippen LogP contribution in [-0.4, -0.2) is 11.1 Å². The lowest BCUT2D eigenvalue weighted by atomic mass is 10.0. The number of hydrogen-bond donors (Lipinski definition) is 0. The summed E-state index contributed by atoms with van der Waals surface area (Å²) in [5, 5.41) is -0.0261. The summed E-state index contributed by atoms with van der Waals surface area (Å²) in [4.78, 5) is 11.0. The minimum absolute atomic E-state index is 0.0261. The fourth-order valence-electron chi connectivity index (χ4n) is 1.23. The molecule has 0 unspecified atom stereocenters. The van der Waals surface area contributed by atoms with Crippen LogP contribution in [-0.2, 0) is 17.4 Å². The van der Waals surface area contributed by atoms with Crippen molar-refractivity contribution in [2.45, 2.75) is 12.6 Å². The quantitative estimate of drug-likeness (QED) is 0.618. The second-order valence-electron chi connectivity index (χ2n) is 3.15. The van der Waals surface area contributed by atoms with Crippen LogP contribution in [0.2, 0.25) is 0 Å². The molecule has 0 spiro atoms. The van der Waals surface area contributed by atoms with E-state index in [1.165, 1.54) is 0 Å². The first-order valence-corrected chi connectivity index (χ1v) is 5.40. The highest BCUT2D eigenvalue weighted by atomic mass is 79.9. The molecule has 1 aromatic rings. The molecule has 1 aromatic carbocycles. The summed E-state index contributed by atoms with van der Waals surface area (Å²) in [7, 11) is 0. The zero-order valence-electron chi connectivity index (χ0n) is 7.94. The van der Waals surface area contributed by atoms with Crippen molar-refractivity contribution < 1.29 is 22.4 Å². The van der Waals surface area contributed by atoms with E-state index >= 15 is 0 Å². The van der Waals surface area contributed by atoms with E-state index in [2.05, 4.69) is 15.9 Å². The van der Waals surface area contributed by atoms with Crippen LogP contribution in [0, 0.1) is 5.82 Å². The maximum absolute atomic E-state index is 12.7. The SMILES string of the molecule is O=C(CBr)Cc1ccc(F)cc1C(F)(F)F. The summed E-state index contributed by atoms with van der Waals surface area (Å²) in [5.41, 5.74) is -1.31. The van der Waals surface area contributed by atoms with Gasteiger partial charge in [-0.3, -0.25) is 4.79 Å². The number of halogens is 5. The van der Waals surface area contributed by atoms with E-state index in [1.54, 1.807) is 0 Å². The number of rotatable bonds is 3. The van der Waals surface area contributed by atoms with Gasteiger partial charge in [0.05, 0.1) is 10.9 Å². The van der Waals surface area contributed by atoms with Crippen molar-refractivity contribution in [3.63, 3.8) is 0 Å². The number of carbonyl (C=O) groups is 1. The zero-order valence-corrected chi connectivity index (χ0v) is 9.53. The van der Waals surface area contributed by atoms with Crippen molar-refractivity contribution in [2.75, 3.05) is 5.33 Å². The lowest BCUT2D eigenvalue weighted by Gasteiger charge is -2.11. The standard InChI is InChI=1S/C10H7BrF4O/c11-5-8(16)3-6-1-2-7(12)4-9(6)10(13,14)15/h1-2,4H,3,5H2. The molecule has 0 aliphatic heterocycles. The van der Waals surface area contributed by atoms with Crippen LogP contribution in [0.5, 0.6) is 0 Å². The van der Waals surface area contributed by atoms with E-state index < -0.39 is 23.3 Å². The van der Waals surface area contributed by atoms with Gasteiger partial charge in [-0.2, -0.15) is 13.2 Å². The fraction of sp³-hybridized carbons (Fsp3) is 0.300. The van der Waals surface area contributed by atoms with Gasteiger partial charge in [-0.1, -0.05) is 22.0 Å². The van der Waals surface area contributed by atoms with Gasteiger partial charge in [-0.25, -0.2) is 4.39 Å². The molecule has 16 heavy (non-hydrogen) atoms. The lowest BCUT2D eigenvalue weighted by molar-refractivity contribution is -0.138. The highest BCUT2D eigenvalue weighted by molar-refractivity contribution is 9.09. The second kappa shape index (κ2) is 4.95. The fourth-order valence-corrected chi connectivity index (χ4v) is 1.42. The van der Waals surface area contributed by atoms with E-state index in [0.717, 1.165) is 12.1 Å². The van der Waals surface area contributed by atoms with Crippen molar-refractivity contribution in [2.24, 2.45) is 0 Å². The highest BCUT2D eigenvalue weighted by Gasteiger charge is 2.33. The molecule has 0 saturated carbocycles. The Bertz CT molecular complexity index is 400. The zero-order chi connectivity index (χ0) is 12.3. The molecule has 1 rings (SSSR count). The van der Waals surface area contributed by atoms with E-state index in [4.69, 9.17) is 0 Å². The Morgan fingerprint density at radius 3 is 2.44 bits per heavy atom. The molecule has 88 valence electrons. The van der Waals surface area contributed by atoms with Gasteiger partial charge in [-0.15, -0.1) is 0 Å². The van der Waals surface area contributed by atoms with Gasteiger partial charge in [0.2, 0.25) is 0 Å². The summed E-state index contributed by atoms with van der Waals surface area (Å²) in [6, 6.07) is 2.29. The second-order valence-corrected chi connectivity index (χ2v) is 3.71. The van der Waals surface area contributed by atoms with Crippen LogP contribution in [0.15, 0.2) is 18.2 Å². The molecule has 0 bridgehead atoms. The minimum Gasteiger partial charge on any atom is -0.298 e. The van der Waals surface area contributed by atoms with Crippen molar-refractivity contribution in [3.05, 3.63) is 35.1 Å². The molecule has 0 saturated heterocycles. The average molecular weight is 299 g/mol. The highest BCUT2D eigenvalue weighted by Crippen LogP contribution is 2.32. The van der Waals surface area contributed by atoms with Crippen molar-refractivity contribution >= 4 is 21.7 Å². The van der Waals surface area contributed by atoms with E-state index in [9.17, 15) is 22.4 Å². The Balaban J connectivity index is 3.13. The van der Waals surface area contributed by atoms with Gasteiger partial charge in [-0.05, 0) is 17.7 Å². The first-order valence-electron chi connectivity index (χ1n) is 4.28. The third kappa shape index (κ3) is 3.30. The molecule has 0 N–H and O–H groups in total. The maximum Gasteiger partial charge on any atom is 0.416 e. The number of ketones is 1. The number of benzene rings is 1. The summed E-state index contributed by atoms with van der Waals surface area (Å²) < 4.78 is 50.2. The molecule has 0 radical (unpaired) electrons. The molecule has 6 heteroatoms. The molecular weight excluding hydrogens is 292 g/mol. The summed E-state index contributed by atoms with van der Waals surface area (Å²) in [6.45, 7) is 0. The van der Waals surface area contributed by atoms with Crippen LogP contribution in [0.1, 0.15) is 11.1 Å². The van der Waals surface area contributed by atoms with E-state index in [-0.39, 0.29) is 17.3 Å². The normalized spacial score (nSPS) is 11.6.